The van der Waals surface area contributed by atoms with Gasteiger partial charge in [-0.3, -0.25) is 5.41 Å². The van der Waals surface area contributed by atoms with Crippen LogP contribution in [0.5, 0.6) is 0 Å². The molecule has 0 spiro atoms. The number of nitrogens with zero attached hydrogens (tertiary/aromatic N) is 7. The van der Waals surface area contributed by atoms with Crippen molar-refractivity contribution in [2.45, 2.75) is 4.30 Å². The molecule has 0 saturated carbocycles. The van der Waals surface area contributed by atoms with Crippen LogP contribution in [0.3, 0.4) is 0 Å². The summed E-state index contributed by atoms with van der Waals surface area (Å²) >= 11 is 14.4. The first-order chi connectivity index (χ1) is 30.8. The molecule has 0 saturated heterocycles. The van der Waals surface area contributed by atoms with Crippen LogP contribution in [-0.2, 0) is 19.5 Å². The van der Waals surface area contributed by atoms with Crippen LogP contribution in [-0.4, -0.2) is 38.2 Å². The van der Waals surface area contributed by atoms with Gasteiger partial charge in [-0.15, -0.1) is 0 Å². The van der Waals surface area contributed by atoms with E-state index in [9.17, 15) is 0 Å². The van der Waals surface area contributed by atoms with Crippen LogP contribution < -0.4 is 25.7 Å². The average Bonchev–Trinajstić information content (AvgIpc) is 4.17. The fourth-order valence-electron chi connectivity index (χ4n) is 7.91. The second kappa shape index (κ2) is 19.0. The van der Waals surface area contributed by atoms with Crippen LogP contribution >= 0.6 is 34.8 Å². The number of nitrogens with one attached hydrogen (secondary N) is 1. The summed E-state index contributed by atoms with van der Waals surface area (Å²) in [7, 11) is 1.00. The molecule has 308 valence electrons. The average molecular weight is 949 g/mol. The van der Waals surface area contributed by atoms with Crippen molar-refractivity contribution in [3.8, 4) is 0 Å². The summed E-state index contributed by atoms with van der Waals surface area (Å²) in [6.07, 6.45) is 0. The monoisotopic (exact) mass is 945 g/mol. The Labute approximate surface area is 397 Å². The van der Waals surface area contributed by atoms with Gasteiger partial charge in [0.15, 0.2) is 27.0 Å². The minimum Gasteiger partial charge on any atom is -0.628 e. The third-order valence-electron chi connectivity index (χ3n) is 10.4. The van der Waals surface area contributed by atoms with Crippen molar-refractivity contribution in [2.24, 2.45) is 10.7 Å². The number of fused-ring (bicyclic) bond motifs is 12. The zero-order chi connectivity index (χ0) is 43.6. The Kier molecular flexibility index (Phi) is 13.1. The smallest absolute Gasteiger partial charge is 0.180 e. The molecule has 10 nitrogen and oxygen atoms in total. The fraction of sp³-hybridized carbons (Fsp3) is 0.0400. The van der Waals surface area contributed by atoms with Crippen LogP contribution in [0.1, 0.15) is 79.2 Å². The van der Waals surface area contributed by atoms with Gasteiger partial charge in [-0.2, -0.15) is 9.97 Å². The molecule has 4 aromatic carbocycles. The first-order valence-electron chi connectivity index (χ1n) is 19.6. The molecule has 0 fully saturated rings. The number of amidine groups is 2. The van der Waals surface area contributed by atoms with Crippen LogP contribution in [0.15, 0.2) is 163 Å². The normalized spacial score (nSPS) is 12.8. The van der Waals surface area contributed by atoms with E-state index in [0.717, 1.165) is 75.8 Å². The molecule has 4 N–H and O–H groups in total. The zero-order valence-electron chi connectivity index (χ0n) is 34.1. The van der Waals surface area contributed by atoms with E-state index in [1.807, 2.05) is 109 Å². The standard InChI is InChI=1S/C48H29N9.CHCl3.CH4O.Zn/c49-47-45-46(48(50)57-47)56-44-42-40(30-19-11-4-12-20-30)36-26-24-34(53-36)38(28-15-7-2-8-16-28)32-22-21-31(51-32)37(27-13-5-1-6-14-27)33-23-25-35(52-33)39(29-17-9-3-10-18-29)41(54-42)43(44)55-45;2-1(3)4;1-2;/h1-26H,(H3,49,50,57);1H;2H,1H3;. The van der Waals surface area contributed by atoms with Crippen LogP contribution in [0.25, 0.3) is 11.0 Å². The number of alkyl halides is 3. The second-order valence-corrected chi connectivity index (χ2v) is 16.1. The number of benzene rings is 4. The van der Waals surface area contributed by atoms with Gasteiger partial charge in [-0.25, -0.2) is 4.99 Å². The molecule has 5 aromatic heterocycles. The summed E-state index contributed by atoms with van der Waals surface area (Å²) in [6, 6.07) is 52.9. The molecule has 9 aromatic rings. The Morgan fingerprint density at radius 1 is 0.469 bits per heavy atom. The summed E-state index contributed by atoms with van der Waals surface area (Å²) in [5.41, 5.74) is 17.5. The fourth-order valence-corrected chi connectivity index (χ4v) is 7.91. The third-order valence-corrected chi connectivity index (χ3v) is 10.4. The maximum Gasteiger partial charge on any atom is 0.180 e. The van der Waals surface area contributed by atoms with E-state index in [1.54, 1.807) is 0 Å². The zero-order valence-corrected chi connectivity index (χ0v) is 39.3. The maximum atomic E-state index is 8.67. The molecular formula is C50H34Cl3N9OZn. The van der Waals surface area contributed by atoms with Crippen LogP contribution in [0.2, 0.25) is 0 Å². The number of aliphatic hydroxyl groups excluding tert-OH is 1. The minimum atomic E-state index is -0.750. The Bertz CT molecular complexity index is 3040. The summed E-state index contributed by atoms with van der Waals surface area (Å²) in [5.74, 6) is 3.45. The molecule has 0 aliphatic carbocycles. The minimum absolute atomic E-state index is 0. The molecule has 0 radical (unpaired) electrons. The van der Waals surface area contributed by atoms with Gasteiger partial charge in [-0.1, -0.05) is 34.8 Å². The quantitative estimate of drug-likeness (QED) is 0.0899. The van der Waals surface area contributed by atoms with E-state index >= 15 is 0 Å². The Morgan fingerprint density at radius 2 is 0.750 bits per heavy atom. The van der Waals surface area contributed by atoms with Crippen molar-refractivity contribution in [2.75, 3.05) is 7.11 Å². The first-order valence-corrected chi connectivity index (χ1v) is 21.0. The van der Waals surface area contributed by atoms with Crippen molar-refractivity contribution in [3.05, 3.63) is 261 Å². The van der Waals surface area contributed by atoms with Gasteiger partial charge in [0.05, 0.1) is 22.3 Å². The molecule has 8 bridgehead atoms. The van der Waals surface area contributed by atoms with Crippen molar-refractivity contribution in [1.82, 2.24) is 29.9 Å². The Balaban J connectivity index is 0.000000760. The summed E-state index contributed by atoms with van der Waals surface area (Å²) in [4.78, 5) is 36.1. The van der Waals surface area contributed by atoms with Gasteiger partial charge in [0, 0.05) is 135 Å². The van der Waals surface area contributed by atoms with Crippen molar-refractivity contribution in [1.29, 1.82) is 5.41 Å². The van der Waals surface area contributed by atoms with Crippen LogP contribution in [0.4, 0.5) is 0 Å². The SMILES string of the molecule is CO.ClC(Cl)Cl.N=C1N=C(N)c2nc3c4[n-]c(c3nc21)[C+](c1ccccc1)c1ccc([n-]1)[C+](c1ccccc1)c1ccc([n-]1)[C+](c1ccccc1)c1ccc([n-]1)[C+]4c1ccccc1.[Zn]. The topological polar surface area (TPSA) is 165 Å². The van der Waals surface area contributed by atoms with Gasteiger partial charge in [0.25, 0.3) is 0 Å². The number of hydrogen-bond donors (Lipinski definition) is 3. The van der Waals surface area contributed by atoms with Gasteiger partial charge in [0.2, 0.25) is 0 Å². The van der Waals surface area contributed by atoms with E-state index in [0.29, 0.717) is 45.2 Å². The summed E-state index contributed by atoms with van der Waals surface area (Å²) in [6.45, 7) is 0. The number of nitrogens with two attached hydrogens (primary N) is 1. The summed E-state index contributed by atoms with van der Waals surface area (Å²) in [5, 5.41) is 15.7. The predicted molar refractivity (Wildman–Crippen MR) is 247 cm³/mol. The number of aliphatic hydroxyl groups is 1. The van der Waals surface area contributed by atoms with Crippen molar-refractivity contribution in [3.63, 3.8) is 0 Å². The largest absolute Gasteiger partial charge is 0.628 e. The number of rotatable bonds is 4. The second-order valence-electron chi connectivity index (χ2n) is 14.1. The van der Waals surface area contributed by atoms with E-state index in [-0.39, 0.29) is 31.1 Å². The Morgan fingerprint density at radius 3 is 1.08 bits per heavy atom. The van der Waals surface area contributed by atoms with E-state index in [4.69, 9.17) is 81.0 Å². The predicted octanol–water partition coefficient (Wildman–Crippen LogP) is 8.49. The number of aromatic nitrogens is 6. The first kappa shape index (κ1) is 44.0. The molecule has 11 rings (SSSR count). The van der Waals surface area contributed by atoms with E-state index in [1.165, 1.54) is 0 Å². The van der Waals surface area contributed by atoms with Crippen molar-refractivity contribution < 1.29 is 24.6 Å². The molecule has 2 aliphatic rings. The molecule has 64 heavy (non-hydrogen) atoms. The number of hydrogen-bond acceptors (Lipinski definition) is 5. The van der Waals surface area contributed by atoms with Gasteiger partial charge < -0.3 is 30.8 Å². The molecule has 14 heteroatoms. The number of halogens is 3. The molecule has 7 heterocycles. The van der Waals surface area contributed by atoms with E-state index in [2.05, 4.69) is 53.5 Å². The third kappa shape index (κ3) is 8.32. The van der Waals surface area contributed by atoms with Gasteiger partial charge in [-0.05, 0) is 118 Å². The van der Waals surface area contributed by atoms with Crippen LogP contribution in [0, 0.1) is 29.1 Å². The van der Waals surface area contributed by atoms with Gasteiger partial charge in [0.1, 0.15) is 11.4 Å². The maximum absolute atomic E-state index is 8.67. The Hall–Kier alpha value is -6.59. The molecule has 0 atom stereocenters. The van der Waals surface area contributed by atoms with E-state index < -0.39 is 4.30 Å². The molecule has 0 amide bonds. The molecule has 0 unspecified atom stereocenters. The summed E-state index contributed by atoms with van der Waals surface area (Å²) < 4.78 is -0.750. The number of aliphatic imine (C=N–C) groups is 1. The molecular weight excluding hydrogens is 914 g/mol. The van der Waals surface area contributed by atoms with Gasteiger partial charge >= 0.3 is 0 Å². The van der Waals surface area contributed by atoms with Crippen molar-refractivity contribution >= 4 is 57.5 Å². The molecule has 2 aliphatic heterocycles.